The Morgan fingerprint density at radius 2 is 1.94 bits per heavy atom. The minimum atomic E-state index is -4.35. The van der Waals surface area contributed by atoms with Crippen LogP contribution in [0.25, 0.3) is 0 Å². The molecule has 0 unspecified atom stereocenters. The molecule has 0 N–H and O–H groups in total. The van der Waals surface area contributed by atoms with Gasteiger partial charge in [0, 0.05) is 32.7 Å². The Labute approximate surface area is 178 Å². The molecule has 1 aliphatic heterocycles. The fourth-order valence-electron chi connectivity index (χ4n) is 4.03. The molecule has 1 heterocycles. The highest BCUT2D eigenvalue weighted by Gasteiger charge is 2.30. The molecule has 1 saturated heterocycles. The van der Waals surface area contributed by atoms with E-state index in [4.69, 9.17) is 0 Å². The molecule has 0 radical (unpaired) electrons. The first-order valence-corrected chi connectivity index (χ1v) is 10.2. The maximum absolute atomic E-state index is 13.9. The van der Waals surface area contributed by atoms with Gasteiger partial charge in [0.25, 0.3) is 5.91 Å². The molecular weight excluding hydrogens is 415 g/mol. The zero-order chi connectivity index (χ0) is 22.6. The smallest absolute Gasteiger partial charge is 0.341 e. The number of amides is 1. The van der Waals surface area contributed by atoms with Crippen LogP contribution in [-0.2, 0) is 12.6 Å². The Hall–Kier alpha value is -2.48. The van der Waals surface area contributed by atoms with Gasteiger partial charge in [-0.2, -0.15) is 13.2 Å². The van der Waals surface area contributed by atoms with E-state index in [1.165, 1.54) is 17.0 Å². The van der Waals surface area contributed by atoms with Gasteiger partial charge in [-0.15, -0.1) is 0 Å². The van der Waals surface area contributed by atoms with Gasteiger partial charge in [-0.3, -0.25) is 4.79 Å². The molecule has 3 rings (SSSR count). The molecule has 0 saturated carbocycles. The second-order valence-corrected chi connectivity index (χ2v) is 8.07. The minimum absolute atomic E-state index is 0.166. The van der Waals surface area contributed by atoms with Crippen molar-refractivity contribution in [2.75, 3.05) is 33.2 Å². The van der Waals surface area contributed by atoms with Crippen molar-refractivity contribution in [2.24, 2.45) is 5.92 Å². The lowest BCUT2D eigenvalue weighted by molar-refractivity contribution is -0.137. The first-order chi connectivity index (χ1) is 14.6. The van der Waals surface area contributed by atoms with E-state index in [9.17, 15) is 26.7 Å². The van der Waals surface area contributed by atoms with Crippen molar-refractivity contribution in [1.82, 2.24) is 9.80 Å². The summed E-state index contributed by atoms with van der Waals surface area (Å²) < 4.78 is 65.6. The fraction of sp³-hybridized carbons (Fsp3) is 0.435. The molecule has 168 valence electrons. The number of benzene rings is 2. The van der Waals surface area contributed by atoms with Gasteiger partial charge < -0.3 is 9.80 Å². The van der Waals surface area contributed by atoms with Crippen molar-refractivity contribution in [3.63, 3.8) is 0 Å². The van der Waals surface area contributed by atoms with Gasteiger partial charge >= 0.3 is 6.18 Å². The molecule has 2 aromatic carbocycles. The topological polar surface area (TPSA) is 23.6 Å². The van der Waals surface area contributed by atoms with E-state index < -0.39 is 29.3 Å². The van der Waals surface area contributed by atoms with E-state index in [2.05, 4.69) is 4.90 Å². The lowest BCUT2D eigenvalue weighted by Crippen LogP contribution is -2.42. The summed E-state index contributed by atoms with van der Waals surface area (Å²) in [5.41, 5.74) is -0.174. The third kappa shape index (κ3) is 6.26. The number of rotatable bonds is 6. The summed E-state index contributed by atoms with van der Waals surface area (Å²) >= 11 is 0. The Balaban J connectivity index is 1.54. The first kappa shape index (κ1) is 23.2. The standard InChI is InChI=1S/C23H25F5N2O/c1-29(22(31)20-8-7-19(24)13-21(20)25)14-17-5-3-10-30(15-17)11-9-16-4-2-6-18(12-16)23(26,27)28/h2,4,6-8,12-13,17H,3,5,9-11,14-15H2,1H3/t17-/m1/s1. The van der Waals surface area contributed by atoms with Crippen LogP contribution in [0.2, 0.25) is 0 Å². The third-order valence-corrected chi connectivity index (χ3v) is 5.61. The second kappa shape index (κ2) is 9.77. The number of carbonyl (C=O) groups is 1. The fourth-order valence-corrected chi connectivity index (χ4v) is 4.03. The van der Waals surface area contributed by atoms with Crippen LogP contribution in [0.15, 0.2) is 42.5 Å². The maximum atomic E-state index is 13.9. The Kier molecular flexibility index (Phi) is 7.30. The Morgan fingerprint density at radius 1 is 1.16 bits per heavy atom. The quantitative estimate of drug-likeness (QED) is 0.590. The monoisotopic (exact) mass is 440 g/mol. The third-order valence-electron chi connectivity index (χ3n) is 5.61. The number of likely N-dealkylation sites (tertiary alicyclic amines) is 1. The number of nitrogens with zero attached hydrogens (tertiary/aromatic N) is 2. The molecule has 0 bridgehead atoms. The van der Waals surface area contributed by atoms with Crippen LogP contribution in [0.3, 0.4) is 0 Å². The van der Waals surface area contributed by atoms with Crippen LogP contribution in [0.5, 0.6) is 0 Å². The molecule has 31 heavy (non-hydrogen) atoms. The van der Waals surface area contributed by atoms with Crippen LogP contribution < -0.4 is 0 Å². The highest BCUT2D eigenvalue weighted by molar-refractivity contribution is 5.94. The van der Waals surface area contributed by atoms with E-state index in [0.29, 0.717) is 37.7 Å². The van der Waals surface area contributed by atoms with Crippen molar-refractivity contribution < 1.29 is 26.7 Å². The Bertz CT molecular complexity index is 915. The SMILES string of the molecule is CN(C[C@H]1CCCN(CCc2cccc(C(F)(F)F)c2)C1)C(=O)c1ccc(F)cc1F. The van der Waals surface area contributed by atoms with Crippen molar-refractivity contribution in [2.45, 2.75) is 25.4 Å². The number of alkyl halides is 3. The van der Waals surface area contributed by atoms with Crippen LogP contribution in [0.4, 0.5) is 22.0 Å². The number of hydrogen-bond acceptors (Lipinski definition) is 2. The average Bonchev–Trinajstić information content (AvgIpc) is 2.72. The van der Waals surface area contributed by atoms with Crippen LogP contribution in [-0.4, -0.2) is 48.9 Å². The highest BCUT2D eigenvalue weighted by atomic mass is 19.4. The molecule has 0 aliphatic carbocycles. The summed E-state index contributed by atoms with van der Waals surface area (Å²) in [5.74, 6) is -1.95. The molecule has 1 amide bonds. The predicted octanol–water partition coefficient (Wildman–Crippen LogP) is 5.01. The summed E-state index contributed by atoms with van der Waals surface area (Å²) in [6.07, 6.45) is -2.02. The number of piperidine rings is 1. The first-order valence-electron chi connectivity index (χ1n) is 10.2. The summed E-state index contributed by atoms with van der Waals surface area (Å²) in [6, 6.07) is 8.26. The Morgan fingerprint density at radius 3 is 2.65 bits per heavy atom. The van der Waals surface area contributed by atoms with Crippen LogP contribution in [0.1, 0.15) is 34.3 Å². The van der Waals surface area contributed by atoms with Gasteiger partial charge in [-0.05, 0) is 55.5 Å². The van der Waals surface area contributed by atoms with E-state index in [0.717, 1.165) is 37.6 Å². The van der Waals surface area contributed by atoms with Crippen molar-refractivity contribution in [1.29, 1.82) is 0 Å². The van der Waals surface area contributed by atoms with Gasteiger partial charge in [0.1, 0.15) is 11.6 Å². The highest BCUT2D eigenvalue weighted by Crippen LogP contribution is 2.29. The van der Waals surface area contributed by atoms with E-state index in [1.54, 1.807) is 13.1 Å². The summed E-state index contributed by atoms with van der Waals surface area (Å²) in [5, 5.41) is 0. The van der Waals surface area contributed by atoms with Crippen LogP contribution >= 0.6 is 0 Å². The molecule has 1 fully saturated rings. The zero-order valence-electron chi connectivity index (χ0n) is 17.3. The zero-order valence-corrected chi connectivity index (χ0v) is 17.3. The molecule has 3 nitrogen and oxygen atoms in total. The number of carbonyl (C=O) groups excluding carboxylic acids is 1. The molecular formula is C23H25F5N2O. The summed E-state index contributed by atoms with van der Waals surface area (Å²) in [7, 11) is 1.59. The molecule has 1 atom stereocenters. The summed E-state index contributed by atoms with van der Waals surface area (Å²) in [6.45, 7) is 2.61. The van der Waals surface area contributed by atoms with Crippen molar-refractivity contribution >= 4 is 5.91 Å². The molecule has 0 aromatic heterocycles. The predicted molar refractivity (Wildman–Crippen MR) is 108 cm³/mol. The molecule has 2 aromatic rings. The average molecular weight is 440 g/mol. The van der Waals surface area contributed by atoms with E-state index >= 15 is 0 Å². The molecule has 0 spiro atoms. The minimum Gasteiger partial charge on any atom is -0.341 e. The maximum Gasteiger partial charge on any atom is 0.416 e. The van der Waals surface area contributed by atoms with Gasteiger partial charge in [-0.1, -0.05) is 18.2 Å². The molecule has 8 heteroatoms. The normalized spacial score (nSPS) is 17.5. The van der Waals surface area contributed by atoms with Gasteiger partial charge in [0.2, 0.25) is 0 Å². The number of halogens is 5. The van der Waals surface area contributed by atoms with Crippen molar-refractivity contribution in [3.8, 4) is 0 Å². The largest absolute Gasteiger partial charge is 0.416 e. The lowest BCUT2D eigenvalue weighted by Gasteiger charge is -2.34. The second-order valence-electron chi connectivity index (χ2n) is 8.07. The van der Waals surface area contributed by atoms with Crippen LogP contribution in [0, 0.1) is 17.6 Å². The van der Waals surface area contributed by atoms with Gasteiger partial charge in [0.05, 0.1) is 11.1 Å². The lowest BCUT2D eigenvalue weighted by atomic mass is 9.96. The summed E-state index contributed by atoms with van der Waals surface area (Å²) in [4.78, 5) is 16.1. The molecule has 1 aliphatic rings. The van der Waals surface area contributed by atoms with Gasteiger partial charge in [-0.25, -0.2) is 8.78 Å². The van der Waals surface area contributed by atoms with Crippen molar-refractivity contribution in [3.05, 3.63) is 70.8 Å². The number of hydrogen-bond donors (Lipinski definition) is 0. The van der Waals surface area contributed by atoms with E-state index in [1.807, 2.05) is 0 Å². The van der Waals surface area contributed by atoms with Gasteiger partial charge in [0.15, 0.2) is 0 Å². The van der Waals surface area contributed by atoms with E-state index in [-0.39, 0.29) is 11.5 Å².